The topological polar surface area (TPSA) is 83.6 Å². The number of para-hydroxylation sites is 1. The first-order chi connectivity index (χ1) is 10.6. The standard InChI is InChI=1S/C17H13NO4/c1-10-5-4-7-12-15(20)14(17(21)22-16(10)12)13(19)9-11-6-2-3-8-18-11/h2-9,19-20H,1H3. The first-order valence-electron chi connectivity index (χ1n) is 6.65. The summed E-state index contributed by atoms with van der Waals surface area (Å²) >= 11 is 0. The molecular weight excluding hydrogens is 282 g/mol. The summed E-state index contributed by atoms with van der Waals surface area (Å²) in [5.74, 6) is -0.701. The molecule has 0 aliphatic carbocycles. The van der Waals surface area contributed by atoms with Gasteiger partial charge < -0.3 is 14.6 Å². The van der Waals surface area contributed by atoms with Crippen LogP contribution in [0.3, 0.4) is 0 Å². The molecule has 0 spiro atoms. The van der Waals surface area contributed by atoms with E-state index in [0.717, 1.165) is 5.56 Å². The summed E-state index contributed by atoms with van der Waals surface area (Å²) in [4.78, 5) is 16.1. The number of rotatable bonds is 2. The molecule has 0 aliphatic heterocycles. The normalized spacial score (nSPS) is 11.8. The van der Waals surface area contributed by atoms with Crippen LogP contribution in [-0.4, -0.2) is 15.2 Å². The van der Waals surface area contributed by atoms with E-state index >= 15 is 0 Å². The monoisotopic (exact) mass is 295 g/mol. The number of pyridine rings is 1. The highest BCUT2D eigenvalue weighted by atomic mass is 16.4. The lowest BCUT2D eigenvalue weighted by Crippen LogP contribution is -2.07. The highest BCUT2D eigenvalue weighted by Crippen LogP contribution is 2.31. The number of aliphatic hydroxyl groups is 1. The van der Waals surface area contributed by atoms with Crippen LogP contribution in [-0.2, 0) is 0 Å². The van der Waals surface area contributed by atoms with E-state index in [-0.39, 0.29) is 11.3 Å². The molecule has 0 aliphatic rings. The predicted molar refractivity (Wildman–Crippen MR) is 83.6 cm³/mol. The van der Waals surface area contributed by atoms with Gasteiger partial charge in [0, 0.05) is 12.3 Å². The lowest BCUT2D eigenvalue weighted by atomic mass is 10.1. The molecule has 0 bridgehead atoms. The molecule has 0 radical (unpaired) electrons. The van der Waals surface area contributed by atoms with Crippen LogP contribution in [0, 0.1) is 6.92 Å². The molecule has 2 aromatic heterocycles. The molecule has 0 saturated carbocycles. The van der Waals surface area contributed by atoms with Crippen LogP contribution in [0.15, 0.2) is 51.8 Å². The molecule has 3 rings (SSSR count). The second kappa shape index (κ2) is 5.37. The molecular formula is C17H13NO4. The highest BCUT2D eigenvalue weighted by molar-refractivity contribution is 5.91. The van der Waals surface area contributed by atoms with Gasteiger partial charge in [0.1, 0.15) is 22.7 Å². The van der Waals surface area contributed by atoms with Crippen molar-refractivity contribution in [2.45, 2.75) is 6.92 Å². The minimum Gasteiger partial charge on any atom is -0.507 e. The van der Waals surface area contributed by atoms with Gasteiger partial charge in [-0.1, -0.05) is 18.2 Å². The molecule has 22 heavy (non-hydrogen) atoms. The Bertz CT molecular complexity index is 927. The van der Waals surface area contributed by atoms with Gasteiger partial charge in [-0.05, 0) is 30.7 Å². The summed E-state index contributed by atoms with van der Waals surface area (Å²) in [5, 5.41) is 20.9. The zero-order valence-electron chi connectivity index (χ0n) is 11.8. The third kappa shape index (κ3) is 2.33. The van der Waals surface area contributed by atoms with Crippen molar-refractivity contribution in [3.63, 3.8) is 0 Å². The molecule has 5 heteroatoms. The van der Waals surface area contributed by atoms with E-state index < -0.39 is 11.4 Å². The van der Waals surface area contributed by atoms with Crippen molar-refractivity contribution in [3.8, 4) is 5.75 Å². The van der Waals surface area contributed by atoms with Crippen LogP contribution in [0.25, 0.3) is 22.8 Å². The molecule has 5 nitrogen and oxygen atoms in total. The van der Waals surface area contributed by atoms with Crippen LogP contribution < -0.4 is 5.63 Å². The Kier molecular flexibility index (Phi) is 3.39. The quantitative estimate of drug-likeness (QED) is 0.560. The van der Waals surface area contributed by atoms with Gasteiger partial charge in [0.2, 0.25) is 0 Å². The average Bonchev–Trinajstić information content (AvgIpc) is 2.49. The number of hydrogen-bond acceptors (Lipinski definition) is 5. The van der Waals surface area contributed by atoms with Crippen molar-refractivity contribution in [2.24, 2.45) is 0 Å². The summed E-state index contributed by atoms with van der Waals surface area (Å²) in [6.45, 7) is 1.77. The number of benzene rings is 1. The van der Waals surface area contributed by atoms with E-state index in [1.54, 1.807) is 49.5 Å². The number of aromatic hydroxyl groups is 1. The second-order valence-electron chi connectivity index (χ2n) is 4.85. The Morgan fingerprint density at radius 3 is 2.77 bits per heavy atom. The van der Waals surface area contributed by atoms with Gasteiger partial charge in [-0.25, -0.2) is 4.79 Å². The summed E-state index contributed by atoms with van der Waals surface area (Å²) in [7, 11) is 0. The Balaban J connectivity index is 2.24. The Labute approximate surface area is 125 Å². The molecule has 0 unspecified atom stereocenters. The molecule has 110 valence electrons. The number of fused-ring (bicyclic) bond motifs is 1. The molecule has 0 atom stereocenters. The number of aromatic nitrogens is 1. The van der Waals surface area contributed by atoms with Crippen molar-refractivity contribution >= 4 is 22.8 Å². The molecule has 0 saturated heterocycles. The summed E-state index contributed by atoms with van der Waals surface area (Å²) in [6, 6.07) is 10.3. The van der Waals surface area contributed by atoms with Crippen LogP contribution in [0.2, 0.25) is 0 Å². The van der Waals surface area contributed by atoms with E-state index in [4.69, 9.17) is 4.42 Å². The van der Waals surface area contributed by atoms with Gasteiger partial charge >= 0.3 is 5.63 Å². The third-order valence-electron chi connectivity index (χ3n) is 3.33. The number of nitrogens with zero attached hydrogens (tertiary/aromatic N) is 1. The zero-order chi connectivity index (χ0) is 15.7. The van der Waals surface area contributed by atoms with Gasteiger partial charge in [0.25, 0.3) is 0 Å². The van der Waals surface area contributed by atoms with Crippen LogP contribution in [0.4, 0.5) is 0 Å². The van der Waals surface area contributed by atoms with Gasteiger partial charge in [0.05, 0.1) is 11.1 Å². The van der Waals surface area contributed by atoms with E-state index in [1.165, 1.54) is 6.08 Å². The number of hydrogen-bond donors (Lipinski definition) is 2. The van der Waals surface area contributed by atoms with Crippen molar-refractivity contribution in [1.82, 2.24) is 4.98 Å². The molecule has 2 heterocycles. The van der Waals surface area contributed by atoms with E-state index in [1.807, 2.05) is 0 Å². The van der Waals surface area contributed by atoms with Crippen molar-refractivity contribution in [2.75, 3.05) is 0 Å². The molecule has 1 aromatic carbocycles. The molecule has 0 amide bonds. The fraction of sp³-hybridized carbons (Fsp3) is 0.0588. The van der Waals surface area contributed by atoms with E-state index in [0.29, 0.717) is 16.7 Å². The van der Waals surface area contributed by atoms with Gasteiger partial charge in [-0.15, -0.1) is 0 Å². The van der Waals surface area contributed by atoms with E-state index in [2.05, 4.69) is 4.98 Å². The second-order valence-corrected chi connectivity index (χ2v) is 4.85. The van der Waals surface area contributed by atoms with Crippen molar-refractivity contribution < 1.29 is 14.6 Å². The SMILES string of the molecule is Cc1cccc2c(O)c(C(O)=Cc3ccccn3)c(=O)oc12. The summed E-state index contributed by atoms with van der Waals surface area (Å²) < 4.78 is 5.23. The first-order valence-corrected chi connectivity index (χ1v) is 6.65. The largest absolute Gasteiger partial charge is 0.507 e. The van der Waals surface area contributed by atoms with Crippen molar-refractivity contribution in [1.29, 1.82) is 0 Å². The Morgan fingerprint density at radius 2 is 2.05 bits per heavy atom. The molecule has 2 N–H and O–H groups in total. The van der Waals surface area contributed by atoms with Gasteiger partial charge in [-0.3, -0.25) is 4.98 Å². The Hall–Kier alpha value is -3.08. The maximum Gasteiger partial charge on any atom is 0.351 e. The Morgan fingerprint density at radius 1 is 1.23 bits per heavy atom. The minimum absolute atomic E-state index is 0.274. The van der Waals surface area contributed by atoms with Gasteiger partial charge in [0.15, 0.2) is 0 Å². The maximum atomic E-state index is 12.1. The first kappa shape index (κ1) is 13.9. The predicted octanol–water partition coefficient (Wildman–Crippen LogP) is 3.26. The summed E-state index contributed by atoms with van der Waals surface area (Å²) in [6.07, 6.45) is 2.86. The van der Waals surface area contributed by atoms with Gasteiger partial charge in [-0.2, -0.15) is 0 Å². The fourth-order valence-electron chi connectivity index (χ4n) is 2.25. The fourth-order valence-corrected chi connectivity index (χ4v) is 2.25. The maximum absolute atomic E-state index is 12.1. The van der Waals surface area contributed by atoms with Crippen LogP contribution >= 0.6 is 0 Å². The van der Waals surface area contributed by atoms with Crippen LogP contribution in [0.5, 0.6) is 5.75 Å². The van der Waals surface area contributed by atoms with Crippen LogP contribution in [0.1, 0.15) is 16.8 Å². The molecule has 3 aromatic rings. The number of aryl methyl sites for hydroxylation is 1. The van der Waals surface area contributed by atoms with E-state index in [9.17, 15) is 15.0 Å². The minimum atomic E-state index is -0.802. The lowest BCUT2D eigenvalue weighted by molar-refractivity contribution is 0.449. The third-order valence-corrected chi connectivity index (χ3v) is 3.33. The smallest absolute Gasteiger partial charge is 0.351 e. The lowest BCUT2D eigenvalue weighted by Gasteiger charge is -2.07. The van der Waals surface area contributed by atoms with Crippen molar-refractivity contribution in [3.05, 3.63) is 69.8 Å². The highest BCUT2D eigenvalue weighted by Gasteiger charge is 2.18. The summed E-state index contributed by atoms with van der Waals surface area (Å²) in [5.41, 5.74) is 0.417. The number of aliphatic hydroxyl groups excluding tert-OH is 1. The zero-order valence-corrected chi connectivity index (χ0v) is 11.8. The molecule has 0 fully saturated rings. The average molecular weight is 295 g/mol.